The maximum Gasteiger partial charge on any atom is 0.242 e. The molecule has 2 saturated carbocycles. The highest BCUT2D eigenvalue weighted by Crippen LogP contribution is 2.57. The SMILES string of the molecule is CN(c1cnc(-c2ccc(-c3cc(OC(S)(S)S)ncc3F)cc2O)nn1)[C@@H]1C[C@@]2(C)CCC[C@](C)(C2)[C@@H]1F. The number of rotatable bonds is 6. The van der Waals surface area contributed by atoms with E-state index >= 15 is 4.39 Å². The van der Waals surface area contributed by atoms with Crippen LogP contribution in [0.4, 0.5) is 14.6 Å². The maximum atomic E-state index is 15.7. The first-order chi connectivity index (χ1) is 18.3. The van der Waals surface area contributed by atoms with Gasteiger partial charge >= 0.3 is 0 Å². The average Bonchev–Trinajstić information content (AvgIpc) is 2.86. The van der Waals surface area contributed by atoms with E-state index in [0.29, 0.717) is 16.9 Å². The number of aromatic hydroxyl groups is 1. The van der Waals surface area contributed by atoms with Crippen LogP contribution in [-0.4, -0.2) is 48.1 Å². The van der Waals surface area contributed by atoms with Crippen molar-refractivity contribution in [3.8, 4) is 34.1 Å². The van der Waals surface area contributed by atoms with E-state index in [1.54, 1.807) is 18.3 Å². The van der Waals surface area contributed by atoms with Crippen molar-refractivity contribution in [2.75, 3.05) is 11.9 Å². The number of phenolic OH excluding ortho intramolecular Hbond substituents is 1. The van der Waals surface area contributed by atoms with Gasteiger partial charge in [0, 0.05) is 24.1 Å². The quantitative estimate of drug-likeness (QED) is 0.196. The van der Waals surface area contributed by atoms with Crippen LogP contribution in [0.3, 0.4) is 0 Å². The zero-order valence-electron chi connectivity index (χ0n) is 21.8. The number of nitrogens with zero attached hydrogens (tertiary/aromatic N) is 5. The molecule has 2 bridgehead atoms. The van der Waals surface area contributed by atoms with Crippen LogP contribution < -0.4 is 9.64 Å². The second-order valence-electron chi connectivity index (χ2n) is 11.3. The third-order valence-corrected chi connectivity index (χ3v) is 8.37. The van der Waals surface area contributed by atoms with Gasteiger partial charge < -0.3 is 14.7 Å². The number of anilines is 1. The Balaban J connectivity index is 1.37. The third-order valence-electron chi connectivity index (χ3n) is 8.09. The van der Waals surface area contributed by atoms with Gasteiger partial charge in [-0.05, 0) is 48.8 Å². The van der Waals surface area contributed by atoms with E-state index in [9.17, 15) is 9.50 Å². The summed E-state index contributed by atoms with van der Waals surface area (Å²) in [5, 5.41) is 19.3. The molecule has 39 heavy (non-hydrogen) atoms. The fraction of sp³-hybridized carbons (Fsp3) is 0.481. The molecule has 0 spiro atoms. The molecule has 12 heteroatoms. The molecule has 4 atom stereocenters. The number of phenols is 1. The highest BCUT2D eigenvalue weighted by molar-refractivity contribution is 8.16. The molecule has 1 N–H and O–H groups in total. The van der Waals surface area contributed by atoms with E-state index in [2.05, 4.69) is 71.9 Å². The van der Waals surface area contributed by atoms with Crippen molar-refractivity contribution in [2.24, 2.45) is 10.8 Å². The predicted molar refractivity (Wildman–Crippen MR) is 157 cm³/mol. The van der Waals surface area contributed by atoms with Crippen LogP contribution in [0.2, 0.25) is 0 Å². The molecular formula is C27H31F2N5O2S3. The summed E-state index contributed by atoms with van der Waals surface area (Å²) in [6, 6.07) is 5.64. The minimum Gasteiger partial charge on any atom is -0.507 e. The molecule has 3 aromatic rings. The Kier molecular flexibility index (Phi) is 7.43. The first-order valence-corrected chi connectivity index (χ1v) is 14.0. The molecule has 2 heterocycles. The minimum atomic E-state index is -1.41. The number of pyridine rings is 1. The second-order valence-corrected chi connectivity index (χ2v) is 14.3. The van der Waals surface area contributed by atoms with E-state index < -0.39 is 15.6 Å². The number of benzene rings is 1. The molecule has 0 unspecified atom stereocenters. The standard InChI is InChI=1S/C27H31F2N5O2S3/c1-25-7-4-8-26(2,14-25)23(29)19(11-25)34(3)21-13-31-24(33-32-21)16-6-5-15(9-20(16)35)17-10-22(30-12-18(17)28)36-27(37,38)39/h5-6,9-10,12-13,19,23,35,37-39H,4,7-8,11,14H2,1-3H3/t19-,23-,25-,26-/m1/s1. The number of alkyl halides is 1. The van der Waals surface area contributed by atoms with Crippen LogP contribution in [0.1, 0.15) is 46.0 Å². The van der Waals surface area contributed by atoms with Gasteiger partial charge in [0.25, 0.3) is 0 Å². The van der Waals surface area contributed by atoms with E-state index in [1.807, 2.05) is 11.9 Å². The van der Waals surface area contributed by atoms with Crippen LogP contribution in [-0.2, 0) is 0 Å². The molecule has 0 radical (unpaired) electrons. The fourth-order valence-electron chi connectivity index (χ4n) is 6.34. The van der Waals surface area contributed by atoms with Gasteiger partial charge in [-0.25, -0.2) is 18.7 Å². The zero-order chi connectivity index (χ0) is 28.2. The zero-order valence-corrected chi connectivity index (χ0v) is 24.5. The van der Waals surface area contributed by atoms with Crippen molar-refractivity contribution in [1.29, 1.82) is 0 Å². The highest BCUT2D eigenvalue weighted by atomic mass is 32.2. The largest absolute Gasteiger partial charge is 0.507 e. The summed E-state index contributed by atoms with van der Waals surface area (Å²) in [7, 11) is 1.84. The Morgan fingerprint density at radius 3 is 2.51 bits per heavy atom. The predicted octanol–water partition coefficient (Wildman–Crippen LogP) is 6.36. The molecule has 2 aromatic heterocycles. The molecule has 1 aromatic carbocycles. The van der Waals surface area contributed by atoms with Crippen molar-refractivity contribution in [2.45, 2.75) is 61.8 Å². The van der Waals surface area contributed by atoms with E-state index in [1.165, 1.54) is 12.1 Å². The lowest BCUT2D eigenvalue weighted by Crippen LogP contribution is -2.57. The molecule has 208 valence electrons. The summed E-state index contributed by atoms with van der Waals surface area (Å²) >= 11 is 12.2. The van der Waals surface area contributed by atoms with Gasteiger partial charge in [-0.15, -0.1) is 48.1 Å². The Morgan fingerprint density at radius 2 is 1.85 bits per heavy atom. The molecular weight excluding hydrogens is 561 g/mol. The third kappa shape index (κ3) is 5.78. The summed E-state index contributed by atoms with van der Waals surface area (Å²) < 4.78 is 34.2. The number of hydrogen-bond donors (Lipinski definition) is 4. The van der Waals surface area contributed by atoms with E-state index in [-0.39, 0.29) is 39.9 Å². The van der Waals surface area contributed by atoms with Gasteiger partial charge in [0.15, 0.2) is 11.6 Å². The van der Waals surface area contributed by atoms with Crippen LogP contribution >= 0.6 is 37.9 Å². The van der Waals surface area contributed by atoms with Crippen molar-refractivity contribution < 1.29 is 18.6 Å². The van der Waals surface area contributed by atoms with E-state index in [4.69, 9.17) is 4.74 Å². The normalized spacial score (nSPS) is 26.8. The Morgan fingerprint density at radius 1 is 1.08 bits per heavy atom. The summed E-state index contributed by atoms with van der Waals surface area (Å²) in [5.41, 5.74) is 0.626. The van der Waals surface area contributed by atoms with Gasteiger partial charge in [0.05, 0.1) is 24.0 Å². The second kappa shape index (κ2) is 10.3. The topological polar surface area (TPSA) is 84.3 Å². The summed E-state index contributed by atoms with van der Waals surface area (Å²) in [5.74, 6) is -0.0527. The van der Waals surface area contributed by atoms with E-state index in [0.717, 1.165) is 38.3 Å². The molecule has 0 aliphatic heterocycles. The average molecular weight is 592 g/mol. The van der Waals surface area contributed by atoms with Crippen LogP contribution in [0.15, 0.2) is 36.7 Å². The molecule has 5 rings (SSSR count). The maximum absolute atomic E-state index is 15.7. The number of thiol groups is 3. The number of halogens is 2. The number of ether oxygens (including phenoxy) is 1. The lowest BCUT2D eigenvalue weighted by Gasteiger charge is -2.55. The summed E-state index contributed by atoms with van der Waals surface area (Å²) in [6.45, 7) is 4.32. The minimum absolute atomic E-state index is 0.0577. The Hall–Kier alpha value is -2.31. The first kappa shape index (κ1) is 28.2. The summed E-state index contributed by atoms with van der Waals surface area (Å²) in [6.07, 6.45) is 6.29. The molecule has 7 nitrogen and oxygen atoms in total. The smallest absolute Gasteiger partial charge is 0.242 e. The molecule has 0 amide bonds. The van der Waals surface area contributed by atoms with Gasteiger partial charge in [-0.1, -0.05) is 26.3 Å². The first-order valence-electron chi connectivity index (χ1n) is 12.7. The number of fused-ring (bicyclic) bond motifs is 2. The van der Waals surface area contributed by atoms with Gasteiger partial charge in [-0.3, -0.25) is 0 Å². The fourth-order valence-corrected chi connectivity index (χ4v) is 6.62. The lowest BCUT2D eigenvalue weighted by atomic mass is 9.54. The van der Waals surface area contributed by atoms with Crippen molar-refractivity contribution in [1.82, 2.24) is 20.2 Å². The van der Waals surface area contributed by atoms with Gasteiger partial charge in [-0.2, -0.15) is 0 Å². The molecule has 0 saturated heterocycles. The highest BCUT2D eigenvalue weighted by Gasteiger charge is 2.54. The molecule has 2 aliphatic carbocycles. The van der Waals surface area contributed by atoms with Gasteiger partial charge in [0.2, 0.25) is 9.48 Å². The number of aromatic nitrogens is 4. The molecule has 2 fully saturated rings. The van der Waals surface area contributed by atoms with Crippen molar-refractivity contribution in [3.05, 3.63) is 42.5 Å². The van der Waals surface area contributed by atoms with Gasteiger partial charge in [0.1, 0.15) is 17.7 Å². The van der Waals surface area contributed by atoms with Crippen LogP contribution in [0.5, 0.6) is 11.6 Å². The number of hydrogen-bond acceptors (Lipinski definition) is 10. The van der Waals surface area contributed by atoms with Crippen LogP contribution in [0, 0.1) is 16.6 Å². The lowest BCUT2D eigenvalue weighted by molar-refractivity contribution is -0.0540. The molecule has 2 aliphatic rings. The Labute approximate surface area is 243 Å². The monoisotopic (exact) mass is 591 g/mol. The van der Waals surface area contributed by atoms with Crippen LogP contribution in [0.25, 0.3) is 22.5 Å². The van der Waals surface area contributed by atoms with Crippen molar-refractivity contribution >= 4 is 43.7 Å². The summed E-state index contributed by atoms with van der Waals surface area (Å²) in [4.78, 5) is 10.1. The van der Waals surface area contributed by atoms with Crippen molar-refractivity contribution in [3.63, 3.8) is 0 Å². The Bertz CT molecular complexity index is 1380.